The number of ether oxygens (including phenoxy) is 2. The highest BCUT2D eigenvalue weighted by Crippen LogP contribution is 2.45. The predicted molar refractivity (Wildman–Crippen MR) is 322 cm³/mol. The van der Waals surface area contributed by atoms with Gasteiger partial charge in [0.25, 0.3) is 0 Å². The van der Waals surface area contributed by atoms with Crippen molar-refractivity contribution in [1.29, 1.82) is 0 Å². The van der Waals surface area contributed by atoms with Crippen molar-refractivity contribution in [3.8, 4) is 11.5 Å². The molecule has 6 nitrogen and oxygen atoms in total. The molecule has 0 atom stereocenters. The largest absolute Gasteiger partial charge is 0.507 e. The molecule has 0 aliphatic heterocycles. The maximum Gasteiger partial charge on any atom is 0.324 e. The fourth-order valence-corrected chi connectivity index (χ4v) is 10.9. The number of rotatable bonds is 40. The molecule has 0 amide bonds. The van der Waals surface area contributed by atoms with Crippen molar-refractivity contribution in [2.75, 3.05) is 13.2 Å². The molecule has 0 saturated heterocycles. The highest BCUT2D eigenvalue weighted by atomic mass is 16.6. The van der Waals surface area contributed by atoms with E-state index in [0.29, 0.717) is 0 Å². The molecule has 0 heterocycles. The maximum absolute atomic E-state index is 15.3. The van der Waals surface area contributed by atoms with Crippen LogP contribution in [0.15, 0.2) is 24.3 Å². The quantitative estimate of drug-likeness (QED) is 0.0392. The molecule has 2 aromatic rings. The number of phenolic OH excluding ortho intramolecular Hbond substituents is 2. The highest BCUT2D eigenvalue weighted by Gasteiger charge is 2.50. The number of hydrogen-bond acceptors (Lipinski definition) is 6. The van der Waals surface area contributed by atoms with Crippen molar-refractivity contribution in [3.63, 3.8) is 0 Å². The van der Waals surface area contributed by atoms with Gasteiger partial charge in [0, 0.05) is 0 Å². The van der Waals surface area contributed by atoms with Crippen LogP contribution in [-0.2, 0) is 53.6 Å². The van der Waals surface area contributed by atoms with Crippen molar-refractivity contribution in [3.05, 3.63) is 57.6 Å². The lowest BCUT2D eigenvalue weighted by atomic mass is 9.71. The second-order valence-electron chi connectivity index (χ2n) is 27.4. The summed E-state index contributed by atoms with van der Waals surface area (Å²) in [5.41, 5.74) is 1.29. The van der Waals surface area contributed by atoms with E-state index in [1.165, 1.54) is 167 Å². The summed E-state index contributed by atoms with van der Waals surface area (Å²) in [6.45, 7) is 30.1. The van der Waals surface area contributed by atoms with E-state index in [2.05, 4.69) is 96.9 Å². The summed E-state index contributed by atoms with van der Waals surface area (Å²) in [5, 5.41) is 23.6. The van der Waals surface area contributed by atoms with Crippen LogP contribution in [-0.4, -0.2) is 35.4 Å². The summed E-state index contributed by atoms with van der Waals surface area (Å²) in [4.78, 5) is 30.6. The Morgan fingerprint density at radius 3 is 0.707 bits per heavy atom. The Morgan fingerprint density at radius 1 is 0.333 bits per heavy atom. The Kier molecular flexibility index (Phi) is 32.2. The standard InChI is InChI=1S/C69H120O6/c1-15-17-19-21-23-25-27-29-31-33-35-37-39-41-43-45-47-74-63(72)69(53-55-49-57(65(3,4)5)61(70)58(50-55)66(6,7)8,54-56-51-59(67(9,10)11)62(71)60(52-56)68(12,13)14)64(73)75-48-46-44-42-40-38-36-34-32-30-28-26-24-22-20-18-16-2/h49-52,70-71H,15-48,53-54H2,1-14H3. The Balaban J connectivity index is 2.36. The third kappa shape index (κ3) is 26.5. The van der Waals surface area contributed by atoms with Gasteiger partial charge in [-0.15, -0.1) is 0 Å². The van der Waals surface area contributed by atoms with E-state index in [9.17, 15) is 10.2 Å². The van der Waals surface area contributed by atoms with Gasteiger partial charge in [-0.2, -0.15) is 0 Å². The van der Waals surface area contributed by atoms with Crippen LogP contribution in [0.3, 0.4) is 0 Å². The van der Waals surface area contributed by atoms with Gasteiger partial charge in [-0.3, -0.25) is 9.59 Å². The van der Waals surface area contributed by atoms with Crippen LogP contribution in [0.5, 0.6) is 11.5 Å². The van der Waals surface area contributed by atoms with E-state index >= 15 is 9.59 Å². The van der Waals surface area contributed by atoms with Crippen LogP contribution in [0.2, 0.25) is 0 Å². The van der Waals surface area contributed by atoms with E-state index in [1.807, 2.05) is 24.3 Å². The fourth-order valence-electron chi connectivity index (χ4n) is 10.9. The van der Waals surface area contributed by atoms with Gasteiger partial charge in [-0.25, -0.2) is 0 Å². The van der Waals surface area contributed by atoms with E-state index in [-0.39, 0.29) is 37.6 Å². The smallest absolute Gasteiger partial charge is 0.324 e. The Labute approximate surface area is 463 Å². The third-order valence-electron chi connectivity index (χ3n) is 15.8. The summed E-state index contributed by atoms with van der Waals surface area (Å²) in [6.07, 6.45) is 40.4. The van der Waals surface area contributed by atoms with Crippen LogP contribution >= 0.6 is 0 Å². The molecule has 2 rings (SSSR count). The molecule has 75 heavy (non-hydrogen) atoms. The minimum Gasteiger partial charge on any atom is -0.507 e. The van der Waals surface area contributed by atoms with E-state index in [4.69, 9.17) is 9.47 Å². The minimum absolute atomic E-state index is 0.0472. The van der Waals surface area contributed by atoms with Gasteiger partial charge in [0.2, 0.25) is 0 Å². The number of esters is 2. The first-order chi connectivity index (χ1) is 35.4. The van der Waals surface area contributed by atoms with E-state index in [1.54, 1.807) is 0 Å². The van der Waals surface area contributed by atoms with Crippen molar-refractivity contribution in [1.82, 2.24) is 0 Å². The first kappa shape index (κ1) is 68.1. The van der Waals surface area contributed by atoms with Crippen molar-refractivity contribution < 1.29 is 29.3 Å². The van der Waals surface area contributed by atoms with Crippen LogP contribution < -0.4 is 0 Å². The molecule has 0 aromatic heterocycles. The SMILES string of the molecule is CCCCCCCCCCCCCCCCCCOC(=O)C(Cc1cc(C(C)(C)C)c(O)c(C(C)(C)C)c1)(Cc1cc(C(C)(C)C)c(O)c(C(C)(C)C)c1)C(=O)OCCCCCCCCCCCCCCCCCC. The first-order valence-corrected chi connectivity index (χ1v) is 31.5. The number of benzene rings is 2. The number of aromatic hydroxyl groups is 2. The lowest BCUT2D eigenvalue weighted by Crippen LogP contribution is -2.46. The Hall–Kier alpha value is -3.02. The van der Waals surface area contributed by atoms with Crippen LogP contribution in [0.1, 0.15) is 336 Å². The lowest BCUT2D eigenvalue weighted by Gasteiger charge is -2.33. The van der Waals surface area contributed by atoms with E-state index < -0.39 is 39.0 Å². The van der Waals surface area contributed by atoms with Gasteiger partial charge >= 0.3 is 11.9 Å². The molecule has 0 unspecified atom stereocenters. The number of phenols is 2. The summed E-state index contributed by atoms with van der Waals surface area (Å²) < 4.78 is 12.7. The number of unbranched alkanes of at least 4 members (excludes halogenated alkanes) is 30. The summed E-state index contributed by atoms with van der Waals surface area (Å²) in [5.74, 6) is -0.619. The molecule has 0 bridgehead atoms. The zero-order valence-electron chi connectivity index (χ0n) is 51.8. The van der Waals surface area contributed by atoms with Crippen molar-refractivity contribution in [2.24, 2.45) is 5.41 Å². The topological polar surface area (TPSA) is 93.1 Å². The summed E-state index contributed by atoms with van der Waals surface area (Å²) in [7, 11) is 0. The van der Waals surface area contributed by atoms with Crippen LogP contribution in [0, 0.1) is 5.41 Å². The zero-order valence-corrected chi connectivity index (χ0v) is 51.8. The number of carbonyl (C=O) groups excluding carboxylic acids is 2. The zero-order chi connectivity index (χ0) is 56.0. The van der Waals surface area contributed by atoms with Crippen LogP contribution in [0.25, 0.3) is 0 Å². The minimum atomic E-state index is -1.73. The normalized spacial score (nSPS) is 12.7. The van der Waals surface area contributed by atoms with Gasteiger partial charge in [0.1, 0.15) is 11.5 Å². The third-order valence-corrected chi connectivity index (χ3v) is 15.8. The monoisotopic (exact) mass is 1040 g/mol. The summed E-state index contributed by atoms with van der Waals surface area (Å²) in [6, 6.07) is 7.96. The van der Waals surface area contributed by atoms with Gasteiger partial charge in [-0.05, 0) is 80.7 Å². The highest BCUT2D eigenvalue weighted by molar-refractivity contribution is 6.01. The van der Waals surface area contributed by atoms with Crippen molar-refractivity contribution in [2.45, 2.75) is 337 Å². The first-order valence-electron chi connectivity index (χ1n) is 31.5. The Morgan fingerprint density at radius 2 is 0.520 bits per heavy atom. The molecule has 2 N–H and O–H groups in total. The molecule has 0 aliphatic carbocycles. The second kappa shape index (κ2) is 35.5. The van der Waals surface area contributed by atoms with Gasteiger partial charge < -0.3 is 19.7 Å². The average Bonchev–Trinajstić information content (AvgIpc) is 3.32. The molecular weight excluding hydrogens is 925 g/mol. The molecule has 432 valence electrons. The van der Waals surface area contributed by atoms with Crippen molar-refractivity contribution >= 4 is 11.9 Å². The van der Waals surface area contributed by atoms with E-state index in [0.717, 1.165) is 71.9 Å². The molecular formula is C69H120O6. The van der Waals surface area contributed by atoms with Gasteiger partial charge in [-0.1, -0.05) is 314 Å². The molecule has 0 aliphatic rings. The van der Waals surface area contributed by atoms with Crippen LogP contribution in [0.4, 0.5) is 0 Å². The molecule has 0 spiro atoms. The second-order valence-corrected chi connectivity index (χ2v) is 27.4. The number of carbonyl (C=O) groups is 2. The lowest BCUT2D eigenvalue weighted by molar-refractivity contribution is -0.173. The van der Waals surface area contributed by atoms with Gasteiger partial charge in [0.15, 0.2) is 5.41 Å². The fraction of sp³-hybridized carbons (Fsp3) is 0.797. The summed E-state index contributed by atoms with van der Waals surface area (Å²) >= 11 is 0. The molecule has 0 fully saturated rings. The molecule has 2 aromatic carbocycles. The predicted octanol–water partition coefficient (Wildman–Crippen LogP) is 20.7. The average molecular weight is 1050 g/mol. The van der Waals surface area contributed by atoms with Gasteiger partial charge in [0.05, 0.1) is 13.2 Å². The maximum atomic E-state index is 15.3. The molecule has 0 radical (unpaired) electrons. The Bertz CT molecular complexity index is 1660. The number of hydrogen-bond donors (Lipinski definition) is 2. The molecule has 0 saturated carbocycles. The molecule has 6 heteroatoms.